The zero-order chi connectivity index (χ0) is 19.2. The fourth-order valence-corrected chi connectivity index (χ4v) is 2.56. The second kappa shape index (κ2) is 8.13. The number of hydrogen-bond acceptors (Lipinski definition) is 5. The van der Waals surface area contributed by atoms with Crippen LogP contribution >= 0.6 is 0 Å². The van der Waals surface area contributed by atoms with Gasteiger partial charge >= 0.3 is 0 Å². The van der Waals surface area contributed by atoms with E-state index in [1.165, 1.54) is 28.1 Å². The number of nitro benzene ring substituents is 1. The molecule has 1 aromatic heterocycles. The van der Waals surface area contributed by atoms with Gasteiger partial charge in [-0.25, -0.2) is 4.98 Å². The Kier molecular flexibility index (Phi) is 5.46. The summed E-state index contributed by atoms with van der Waals surface area (Å²) in [6.45, 7) is 0.673. The second-order valence-corrected chi connectivity index (χ2v) is 5.82. The number of hydrogen-bond donors (Lipinski definition) is 0. The second-order valence-electron chi connectivity index (χ2n) is 5.82. The third kappa shape index (κ3) is 4.30. The quantitative estimate of drug-likeness (QED) is 0.474. The van der Waals surface area contributed by atoms with Crippen LogP contribution in [0.4, 0.5) is 5.69 Å². The van der Waals surface area contributed by atoms with Gasteiger partial charge in [0.05, 0.1) is 17.8 Å². The molecule has 0 radical (unpaired) electrons. The Morgan fingerprint density at radius 2 is 2.04 bits per heavy atom. The lowest BCUT2D eigenvalue weighted by Gasteiger charge is -2.18. The number of rotatable bonds is 7. The molecule has 0 unspecified atom stereocenters. The van der Waals surface area contributed by atoms with Crippen LogP contribution in [0.3, 0.4) is 0 Å². The predicted molar refractivity (Wildman–Crippen MR) is 99.1 cm³/mol. The number of likely N-dealkylation sites (N-methyl/N-ethyl adjacent to an activating group) is 1. The molecule has 0 N–H and O–H groups in total. The maximum absolute atomic E-state index is 12.6. The van der Waals surface area contributed by atoms with Crippen LogP contribution in [0.5, 0.6) is 5.75 Å². The highest BCUT2D eigenvalue weighted by Crippen LogP contribution is 2.24. The van der Waals surface area contributed by atoms with Crippen LogP contribution in [0.15, 0.2) is 67.3 Å². The molecule has 8 nitrogen and oxygen atoms in total. The average molecular weight is 366 g/mol. The van der Waals surface area contributed by atoms with Gasteiger partial charge in [-0.1, -0.05) is 18.2 Å². The zero-order valence-corrected chi connectivity index (χ0v) is 14.7. The number of carbonyl (C=O) groups is 1. The summed E-state index contributed by atoms with van der Waals surface area (Å²) < 4.78 is 7.11. The molecule has 0 spiro atoms. The summed E-state index contributed by atoms with van der Waals surface area (Å²) in [5.41, 5.74) is 0.435. The number of nitro groups is 1. The van der Waals surface area contributed by atoms with Crippen LogP contribution in [0, 0.1) is 10.1 Å². The molecular formula is C19H18N4O4. The van der Waals surface area contributed by atoms with Gasteiger partial charge in [0.1, 0.15) is 18.0 Å². The van der Waals surface area contributed by atoms with Crippen LogP contribution in [0.25, 0.3) is 5.69 Å². The minimum absolute atomic E-state index is 0.159. The van der Waals surface area contributed by atoms with E-state index in [9.17, 15) is 14.9 Å². The molecular weight excluding hydrogens is 348 g/mol. The van der Waals surface area contributed by atoms with Crippen molar-refractivity contribution in [2.75, 3.05) is 20.2 Å². The van der Waals surface area contributed by atoms with Crippen LogP contribution in [-0.4, -0.2) is 45.5 Å². The van der Waals surface area contributed by atoms with E-state index in [1.54, 1.807) is 25.4 Å². The molecule has 0 saturated carbocycles. The van der Waals surface area contributed by atoms with Crippen LogP contribution in [-0.2, 0) is 0 Å². The Labute approximate surface area is 155 Å². The van der Waals surface area contributed by atoms with E-state index in [1.807, 2.05) is 30.3 Å². The van der Waals surface area contributed by atoms with Gasteiger partial charge in [-0.3, -0.25) is 14.9 Å². The summed E-state index contributed by atoms with van der Waals surface area (Å²) in [5.74, 6) is 0.408. The summed E-state index contributed by atoms with van der Waals surface area (Å²) in [6.07, 6.45) is 4.61. The average Bonchev–Trinajstić information content (AvgIpc) is 3.22. The summed E-state index contributed by atoms with van der Waals surface area (Å²) in [4.78, 5) is 28.9. The van der Waals surface area contributed by atoms with Crippen molar-refractivity contribution in [1.82, 2.24) is 14.5 Å². The lowest BCUT2D eigenvalue weighted by Crippen LogP contribution is -2.31. The highest BCUT2D eigenvalue weighted by molar-refractivity contribution is 5.95. The molecule has 0 aliphatic carbocycles. The van der Waals surface area contributed by atoms with Crippen molar-refractivity contribution < 1.29 is 14.5 Å². The lowest BCUT2D eigenvalue weighted by atomic mass is 10.1. The molecule has 138 valence electrons. The highest BCUT2D eigenvalue weighted by Gasteiger charge is 2.20. The predicted octanol–water partition coefficient (Wildman–Crippen LogP) is 2.93. The van der Waals surface area contributed by atoms with E-state index in [0.29, 0.717) is 18.8 Å². The standard InChI is InChI=1S/C19H18N4O4/c1-21(11-12-27-16-5-3-2-4-6-16)19(24)15-7-8-17(18(13-15)23(25)26)22-10-9-20-14-22/h2-10,13-14H,11-12H2,1H3. The van der Waals surface area contributed by atoms with Crippen molar-refractivity contribution in [2.45, 2.75) is 0 Å². The lowest BCUT2D eigenvalue weighted by molar-refractivity contribution is -0.384. The van der Waals surface area contributed by atoms with Gasteiger partial charge in [0.15, 0.2) is 0 Å². The van der Waals surface area contributed by atoms with Gasteiger partial charge in [0, 0.05) is 31.1 Å². The van der Waals surface area contributed by atoms with E-state index in [-0.39, 0.29) is 17.2 Å². The monoisotopic (exact) mass is 366 g/mol. The van der Waals surface area contributed by atoms with E-state index in [2.05, 4.69) is 4.98 Å². The fraction of sp³-hybridized carbons (Fsp3) is 0.158. The molecule has 8 heteroatoms. The number of para-hydroxylation sites is 1. The fourth-order valence-electron chi connectivity index (χ4n) is 2.56. The molecule has 27 heavy (non-hydrogen) atoms. The van der Waals surface area contributed by atoms with Crippen LogP contribution in [0.1, 0.15) is 10.4 Å². The summed E-state index contributed by atoms with van der Waals surface area (Å²) in [7, 11) is 1.63. The maximum atomic E-state index is 12.6. The number of imidazole rings is 1. The maximum Gasteiger partial charge on any atom is 0.294 e. The third-order valence-electron chi connectivity index (χ3n) is 3.99. The van der Waals surface area contributed by atoms with Crippen molar-refractivity contribution in [1.29, 1.82) is 0 Å². The first kappa shape index (κ1) is 18.1. The molecule has 0 saturated heterocycles. The van der Waals surface area contributed by atoms with Crippen molar-refractivity contribution in [2.24, 2.45) is 0 Å². The number of benzene rings is 2. The van der Waals surface area contributed by atoms with E-state index >= 15 is 0 Å². The van der Waals surface area contributed by atoms with Crippen LogP contribution < -0.4 is 4.74 Å². The first-order valence-corrected chi connectivity index (χ1v) is 8.26. The summed E-state index contributed by atoms with van der Waals surface area (Å²) in [6, 6.07) is 13.7. The first-order valence-electron chi connectivity index (χ1n) is 8.26. The van der Waals surface area contributed by atoms with E-state index < -0.39 is 4.92 Å². The van der Waals surface area contributed by atoms with Gasteiger partial charge in [0.2, 0.25) is 0 Å². The molecule has 1 amide bonds. The zero-order valence-electron chi connectivity index (χ0n) is 14.7. The molecule has 3 rings (SSSR count). The highest BCUT2D eigenvalue weighted by atomic mass is 16.6. The Morgan fingerprint density at radius 1 is 1.26 bits per heavy atom. The van der Waals surface area contributed by atoms with E-state index in [0.717, 1.165) is 5.75 Å². The molecule has 0 bridgehead atoms. The van der Waals surface area contributed by atoms with Gasteiger partial charge in [-0.2, -0.15) is 0 Å². The summed E-state index contributed by atoms with van der Waals surface area (Å²) in [5, 5.41) is 11.4. The molecule has 3 aromatic rings. The molecule has 0 fully saturated rings. The van der Waals surface area contributed by atoms with Gasteiger partial charge < -0.3 is 14.2 Å². The minimum atomic E-state index is -0.509. The molecule has 0 aliphatic heterocycles. The number of amides is 1. The minimum Gasteiger partial charge on any atom is -0.492 e. The van der Waals surface area contributed by atoms with Crippen molar-refractivity contribution in [3.8, 4) is 11.4 Å². The molecule has 0 aliphatic rings. The van der Waals surface area contributed by atoms with Gasteiger partial charge in [-0.05, 0) is 24.3 Å². The SMILES string of the molecule is CN(CCOc1ccccc1)C(=O)c1ccc(-n2ccnc2)c([N+](=O)[O-])c1. The van der Waals surface area contributed by atoms with Crippen LogP contribution in [0.2, 0.25) is 0 Å². The Morgan fingerprint density at radius 3 is 2.70 bits per heavy atom. The normalized spacial score (nSPS) is 10.4. The molecule has 0 atom stereocenters. The van der Waals surface area contributed by atoms with Gasteiger partial charge in [0.25, 0.3) is 11.6 Å². The Hall–Kier alpha value is -3.68. The molecule has 2 aromatic carbocycles. The number of nitrogens with zero attached hydrogens (tertiary/aromatic N) is 4. The van der Waals surface area contributed by atoms with Crippen molar-refractivity contribution >= 4 is 11.6 Å². The van der Waals surface area contributed by atoms with Crippen molar-refractivity contribution in [3.05, 3.63) is 82.9 Å². The topological polar surface area (TPSA) is 90.5 Å². The first-order chi connectivity index (χ1) is 13.1. The van der Waals surface area contributed by atoms with Gasteiger partial charge in [-0.15, -0.1) is 0 Å². The third-order valence-corrected chi connectivity index (χ3v) is 3.99. The number of aromatic nitrogens is 2. The Bertz CT molecular complexity index is 926. The Balaban J connectivity index is 1.70. The summed E-state index contributed by atoms with van der Waals surface area (Å²) >= 11 is 0. The van der Waals surface area contributed by atoms with E-state index in [4.69, 9.17) is 4.74 Å². The molecule has 1 heterocycles. The largest absolute Gasteiger partial charge is 0.492 e. The van der Waals surface area contributed by atoms with Crippen molar-refractivity contribution in [3.63, 3.8) is 0 Å². The number of carbonyl (C=O) groups excluding carboxylic acids is 1. The smallest absolute Gasteiger partial charge is 0.294 e. The number of ether oxygens (including phenoxy) is 1.